The molecule has 0 spiro atoms. The van der Waals surface area contributed by atoms with Crippen LogP contribution < -0.4 is 4.74 Å². The second kappa shape index (κ2) is 16.0. The van der Waals surface area contributed by atoms with E-state index < -0.39 is 0 Å². The first-order chi connectivity index (χ1) is 18.1. The molecule has 198 valence electrons. The molecule has 0 amide bonds. The smallest absolute Gasteiger partial charge is 0.314 e. The van der Waals surface area contributed by atoms with E-state index in [-0.39, 0.29) is 11.9 Å². The van der Waals surface area contributed by atoms with E-state index in [0.717, 1.165) is 48.8 Å². The summed E-state index contributed by atoms with van der Waals surface area (Å²) in [6.45, 7) is 6.38. The van der Waals surface area contributed by atoms with E-state index in [0.29, 0.717) is 11.6 Å². The van der Waals surface area contributed by atoms with E-state index >= 15 is 0 Å². The van der Waals surface area contributed by atoms with Crippen LogP contribution in [0, 0.1) is 5.92 Å². The number of nitrogens with zero attached hydrogens (tertiary/aromatic N) is 2. The number of carbonyl (C=O) groups is 1. The Hall–Kier alpha value is -3.01. The van der Waals surface area contributed by atoms with Gasteiger partial charge in [-0.25, -0.2) is 9.97 Å². The zero-order chi connectivity index (χ0) is 26.3. The Morgan fingerprint density at radius 3 is 2.14 bits per heavy atom. The first-order valence-corrected chi connectivity index (χ1v) is 14.4. The lowest BCUT2D eigenvalue weighted by Gasteiger charge is -2.15. The zero-order valence-electron chi connectivity index (χ0n) is 23.0. The van der Waals surface area contributed by atoms with Crippen LogP contribution in [0.5, 0.6) is 5.75 Å². The molecule has 0 bridgehead atoms. The van der Waals surface area contributed by atoms with Crippen LogP contribution in [-0.2, 0) is 11.2 Å². The van der Waals surface area contributed by atoms with Gasteiger partial charge < -0.3 is 4.74 Å². The van der Waals surface area contributed by atoms with Gasteiger partial charge in [-0.1, -0.05) is 127 Å². The second-order valence-corrected chi connectivity index (χ2v) is 10.1. The molecule has 4 nitrogen and oxygen atoms in total. The van der Waals surface area contributed by atoms with Crippen molar-refractivity contribution in [3.63, 3.8) is 0 Å². The Bertz CT molecular complexity index is 1060. The normalized spacial score (nSPS) is 11.9. The second-order valence-electron chi connectivity index (χ2n) is 10.1. The molecule has 0 aliphatic rings. The molecule has 1 atom stereocenters. The largest absolute Gasteiger partial charge is 0.423 e. The van der Waals surface area contributed by atoms with Crippen LogP contribution in [0.2, 0.25) is 0 Å². The summed E-state index contributed by atoms with van der Waals surface area (Å²) in [4.78, 5) is 21.9. The van der Waals surface area contributed by atoms with Gasteiger partial charge in [0, 0.05) is 5.56 Å². The van der Waals surface area contributed by atoms with E-state index in [1.165, 1.54) is 50.5 Å². The molecule has 2 aromatic carbocycles. The lowest BCUT2D eigenvalue weighted by Crippen LogP contribution is -2.18. The number of hydrogen-bond donors (Lipinski definition) is 0. The van der Waals surface area contributed by atoms with Crippen molar-refractivity contribution in [1.82, 2.24) is 9.97 Å². The fourth-order valence-corrected chi connectivity index (χ4v) is 4.74. The van der Waals surface area contributed by atoms with Gasteiger partial charge in [0.15, 0.2) is 11.6 Å². The summed E-state index contributed by atoms with van der Waals surface area (Å²) >= 11 is 0. The first kappa shape index (κ1) is 28.6. The van der Waals surface area contributed by atoms with Crippen molar-refractivity contribution in [2.45, 2.75) is 97.8 Å². The van der Waals surface area contributed by atoms with Gasteiger partial charge in [-0.3, -0.25) is 4.79 Å². The number of hydrogen-bond acceptors (Lipinski definition) is 4. The molecular weight excluding hydrogens is 456 g/mol. The van der Waals surface area contributed by atoms with Crippen molar-refractivity contribution < 1.29 is 9.53 Å². The minimum atomic E-state index is -0.207. The average molecular weight is 501 g/mol. The third-order valence-electron chi connectivity index (χ3n) is 7.00. The monoisotopic (exact) mass is 500 g/mol. The van der Waals surface area contributed by atoms with Crippen LogP contribution in [0.15, 0.2) is 60.9 Å². The fourth-order valence-electron chi connectivity index (χ4n) is 4.74. The molecule has 0 aliphatic heterocycles. The average Bonchev–Trinajstić information content (AvgIpc) is 2.93. The molecule has 3 aromatic rings. The number of carbonyl (C=O) groups excluding carboxylic acids is 1. The highest BCUT2D eigenvalue weighted by atomic mass is 16.5. The summed E-state index contributed by atoms with van der Waals surface area (Å²) in [5.41, 5.74) is 4.62. The van der Waals surface area contributed by atoms with Gasteiger partial charge >= 0.3 is 5.97 Å². The number of ether oxygens (including phenoxy) is 1. The molecule has 1 aromatic heterocycles. The SMILES string of the molecule is CCCCCCCCc1cccc(-c2ccccc2)c1-c1ncc(OC(=O)[C@H](C)CCCCCC)cn1. The number of rotatable bonds is 16. The quantitative estimate of drug-likeness (QED) is 0.145. The highest BCUT2D eigenvalue weighted by Crippen LogP contribution is 2.34. The van der Waals surface area contributed by atoms with Gasteiger partial charge in [-0.05, 0) is 36.0 Å². The van der Waals surface area contributed by atoms with E-state index in [1.807, 2.05) is 13.0 Å². The van der Waals surface area contributed by atoms with Crippen LogP contribution in [0.4, 0.5) is 0 Å². The van der Waals surface area contributed by atoms with Gasteiger partial charge in [0.2, 0.25) is 0 Å². The minimum absolute atomic E-state index is 0.126. The van der Waals surface area contributed by atoms with Crippen LogP contribution in [0.3, 0.4) is 0 Å². The summed E-state index contributed by atoms with van der Waals surface area (Å²) in [5, 5.41) is 0. The lowest BCUT2D eigenvalue weighted by molar-refractivity contribution is -0.138. The standard InChI is InChI=1S/C33H44N2O2/c1-4-6-8-10-11-14-21-28-22-17-23-30(27-19-15-12-16-20-27)31(28)32-34-24-29(25-35-32)37-33(36)26(3)18-13-9-7-5-2/h12,15-17,19-20,22-26H,4-11,13-14,18,21H2,1-3H3/t26-/m1/s1. The van der Waals surface area contributed by atoms with Crippen molar-refractivity contribution in [2.24, 2.45) is 5.92 Å². The maximum Gasteiger partial charge on any atom is 0.314 e. The lowest BCUT2D eigenvalue weighted by atomic mass is 9.92. The Morgan fingerprint density at radius 1 is 0.784 bits per heavy atom. The highest BCUT2D eigenvalue weighted by molar-refractivity contribution is 5.83. The highest BCUT2D eigenvalue weighted by Gasteiger charge is 2.18. The third-order valence-corrected chi connectivity index (χ3v) is 7.00. The molecular formula is C33H44N2O2. The summed E-state index contributed by atoms with van der Waals surface area (Å²) in [6.07, 6.45) is 17.3. The molecule has 4 heteroatoms. The number of unbranched alkanes of at least 4 members (excludes halogenated alkanes) is 8. The Balaban J connectivity index is 1.76. The van der Waals surface area contributed by atoms with Gasteiger partial charge in [-0.2, -0.15) is 0 Å². The number of aryl methyl sites for hydroxylation is 1. The van der Waals surface area contributed by atoms with E-state index in [2.05, 4.69) is 66.3 Å². The third kappa shape index (κ3) is 9.10. The molecule has 0 aliphatic carbocycles. The molecule has 0 radical (unpaired) electrons. The molecule has 0 N–H and O–H groups in total. The summed E-state index contributed by atoms with van der Waals surface area (Å²) in [6, 6.07) is 16.9. The topological polar surface area (TPSA) is 52.1 Å². The summed E-state index contributed by atoms with van der Waals surface area (Å²) in [7, 11) is 0. The molecule has 37 heavy (non-hydrogen) atoms. The number of esters is 1. The van der Waals surface area contributed by atoms with Crippen molar-refractivity contribution in [3.8, 4) is 28.3 Å². The van der Waals surface area contributed by atoms with E-state index in [9.17, 15) is 4.79 Å². The van der Waals surface area contributed by atoms with Crippen molar-refractivity contribution in [1.29, 1.82) is 0 Å². The predicted octanol–water partition coefficient (Wildman–Crippen LogP) is 9.23. The van der Waals surface area contributed by atoms with Crippen LogP contribution in [0.25, 0.3) is 22.5 Å². The van der Waals surface area contributed by atoms with Gasteiger partial charge in [0.05, 0.1) is 18.3 Å². The van der Waals surface area contributed by atoms with Gasteiger partial charge in [0.1, 0.15) is 0 Å². The van der Waals surface area contributed by atoms with Crippen LogP contribution in [0.1, 0.15) is 97.0 Å². The van der Waals surface area contributed by atoms with Crippen LogP contribution >= 0.6 is 0 Å². The molecule has 1 heterocycles. The number of aromatic nitrogens is 2. The van der Waals surface area contributed by atoms with E-state index in [1.54, 1.807) is 12.4 Å². The van der Waals surface area contributed by atoms with Crippen molar-refractivity contribution >= 4 is 5.97 Å². The number of benzene rings is 2. The predicted molar refractivity (Wildman–Crippen MR) is 154 cm³/mol. The van der Waals surface area contributed by atoms with Crippen LogP contribution in [-0.4, -0.2) is 15.9 Å². The first-order valence-electron chi connectivity index (χ1n) is 14.4. The zero-order valence-corrected chi connectivity index (χ0v) is 23.0. The summed E-state index contributed by atoms with van der Waals surface area (Å²) in [5.74, 6) is 0.747. The van der Waals surface area contributed by atoms with Gasteiger partial charge in [-0.15, -0.1) is 0 Å². The maximum absolute atomic E-state index is 12.6. The molecule has 0 saturated heterocycles. The van der Waals surface area contributed by atoms with Gasteiger partial charge in [0.25, 0.3) is 0 Å². The maximum atomic E-state index is 12.6. The summed E-state index contributed by atoms with van der Waals surface area (Å²) < 4.78 is 5.62. The van der Waals surface area contributed by atoms with E-state index in [4.69, 9.17) is 4.74 Å². The molecule has 0 fully saturated rings. The molecule has 3 rings (SSSR count). The molecule has 0 saturated carbocycles. The van der Waals surface area contributed by atoms with Crippen molar-refractivity contribution in [2.75, 3.05) is 0 Å². The Kier molecular flexibility index (Phi) is 12.3. The van der Waals surface area contributed by atoms with Crippen molar-refractivity contribution in [3.05, 3.63) is 66.5 Å². The minimum Gasteiger partial charge on any atom is -0.423 e. The Morgan fingerprint density at radius 2 is 1.43 bits per heavy atom. The Labute approximate surface area is 223 Å². The fraction of sp³-hybridized carbons (Fsp3) is 0.485. The molecule has 0 unspecified atom stereocenters.